The number of fused-ring (bicyclic) bond motifs is 6. The van der Waals surface area contributed by atoms with Gasteiger partial charge < -0.3 is 4.90 Å². The normalized spacial score (nSPS) is 23.4. The maximum absolute atomic E-state index is 2.63. The zero-order valence-corrected chi connectivity index (χ0v) is 20.3. The Balaban J connectivity index is 1.35. The zero-order chi connectivity index (χ0) is 23.1. The van der Waals surface area contributed by atoms with Gasteiger partial charge in [0.2, 0.25) is 0 Å². The van der Waals surface area contributed by atoms with E-state index in [1.165, 1.54) is 69.6 Å². The van der Waals surface area contributed by atoms with Crippen LogP contribution >= 0.6 is 0 Å². The third-order valence-electron chi connectivity index (χ3n) is 9.01. The molecular weight excluding hydrogens is 410 g/mol. The largest absolute Gasteiger partial charge is 0.335 e. The van der Waals surface area contributed by atoms with Crippen LogP contribution in [-0.4, -0.2) is 5.54 Å². The molecule has 4 aromatic rings. The van der Waals surface area contributed by atoms with E-state index in [0.29, 0.717) is 5.92 Å². The number of para-hydroxylation sites is 1. The molecule has 1 heterocycles. The lowest BCUT2D eigenvalue weighted by Crippen LogP contribution is -2.40. The maximum Gasteiger partial charge on any atom is 0.0492 e. The summed E-state index contributed by atoms with van der Waals surface area (Å²) in [5.74, 6) is 0.595. The van der Waals surface area contributed by atoms with Crippen molar-refractivity contribution in [1.82, 2.24) is 0 Å². The highest BCUT2D eigenvalue weighted by molar-refractivity contribution is 5.85. The van der Waals surface area contributed by atoms with Gasteiger partial charge in [0.15, 0.2) is 0 Å². The highest BCUT2D eigenvalue weighted by Gasteiger charge is 2.51. The van der Waals surface area contributed by atoms with E-state index in [1.807, 2.05) is 0 Å². The quantitative estimate of drug-likeness (QED) is 0.300. The van der Waals surface area contributed by atoms with E-state index in [9.17, 15) is 0 Å². The summed E-state index contributed by atoms with van der Waals surface area (Å²) in [5.41, 5.74) is 12.8. The van der Waals surface area contributed by atoms with Gasteiger partial charge in [0, 0.05) is 28.2 Å². The maximum atomic E-state index is 2.63. The number of rotatable bonds is 2. The van der Waals surface area contributed by atoms with Crippen LogP contribution in [-0.2, 0) is 5.41 Å². The second-order valence-electron chi connectivity index (χ2n) is 11.2. The summed E-state index contributed by atoms with van der Waals surface area (Å²) in [7, 11) is 0. The topological polar surface area (TPSA) is 3.24 Å². The molecular formula is C33H31N. The monoisotopic (exact) mass is 441 g/mol. The number of anilines is 2. The SMILES string of the molecule is CC1(C)c2ccccc2-c2ccc(-c3ccc4c(c3)C3CCCC3(C)N4c3ccccc3)cc21. The van der Waals surface area contributed by atoms with Crippen LogP contribution in [0.4, 0.5) is 11.4 Å². The van der Waals surface area contributed by atoms with Crippen LogP contribution in [0.15, 0.2) is 91.0 Å². The van der Waals surface area contributed by atoms with E-state index < -0.39 is 0 Å². The van der Waals surface area contributed by atoms with Gasteiger partial charge in [-0.25, -0.2) is 0 Å². The lowest BCUT2D eigenvalue weighted by atomic mass is 9.81. The molecule has 1 fully saturated rings. The molecule has 3 aliphatic rings. The fraction of sp³-hybridized carbons (Fsp3) is 0.273. The van der Waals surface area contributed by atoms with Crippen molar-refractivity contribution in [3.05, 3.63) is 108 Å². The molecule has 0 saturated heterocycles. The van der Waals surface area contributed by atoms with Crippen molar-refractivity contribution in [2.45, 2.75) is 56.9 Å². The van der Waals surface area contributed by atoms with Gasteiger partial charge in [-0.1, -0.05) is 80.9 Å². The molecule has 1 saturated carbocycles. The standard InChI is InChI=1S/C33H31N/c1-32(2)28-13-8-7-12-25(28)26-17-15-23(21-30(26)32)22-16-18-31-27(20-22)29-14-9-19-33(29,3)34(31)24-10-5-4-6-11-24/h4-8,10-13,15-18,20-21,29H,9,14,19H2,1-3H3. The van der Waals surface area contributed by atoms with Crippen molar-refractivity contribution in [2.24, 2.45) is 0 Å². The average molecular weight is 442 g/mol. The average Bonchev–Trinajstić information content (AvgIpc) is 3.44. The first-order chi connectivity index (χ1) is 16.5. The number of nitrogens with zero attached hydrogens (tertiary/aromatic N) is 1. The van der Waals surface area contributed by atoms with Gasteiger partial charge in [-0.2, -0.15) is 0 Å². The minimum atomic E-state index is 0.0345. The summed E-state index contributed by atoms with van der Waals surface area (Å²) in [6.07, 6.45) is 3.84. The van der Waals surface area contributed by atoms with E-state index in [2.05, 4.69) is 117 Å². The number of hydrogen-bond acceptors (Lipinski definition) is 1. The summed E-state index contributed by atoms with van der Waals surface area (Å²) >= 11 is 0. The van der Waals surface area contributed by atoms with Crippen LogP contribution in [0.25, 0.3) is 22.3 Å². The van der Waals surface area contributed by atoms with Crippen molar-refractivity contribution in [2.75, 3.05) is 4.90 Å². The predicted molar refractivity (Wildman–Crippen MR) is 143 cm³/mol. The van der Waals surface area contributed by atoms with Gasteiger partial charge in [0.1, 0.15) is 0 Å². The fourth-order valence-electron chi connectivity index (χ4n) is 7.29. The first kappa shape index (κ1) is 20.1. The van der Waals surface area contributed by atoms with Gasteiger partial charge in [-0.05, 0) is 89.0 Å². The Morgan fingerprint density at radius 1 is 0.706 bits per heavy atom. The van der Waals surface area contributed by atoms with Gasteiger partial charge in [0.05, 0.1) is 0 Å². The molecule has 4 aromatic carbocycles. The molecule has 0 radical (unpaired) electrons. The molecule has 2 aliphatic carbocycles. The molecule has 0 bridgehead atoms. The van der Waals surface area contributed by atoms with Crippen LogP contribution in [0.5, 0.6) is 0 Å². The molecule has 1 aliphatic heterocycles. The Bertz CT molecular complexity index is 1430. The van der Waals surface area contributed by atoms with Crippen LogP contribution in [0, 0.1) is 0 Å². The highest BCUT2D eigenvalue weighted by atomic mass is 15.2. The molecule has 34 heavy (non-hydrogen) atoms. The van der Waals surface area contributed by atoms with E-state index in [4.69, 9.17) is 0 Å². The van der Waals surface area contributed by atoms with Crippen molar-refractivity contribution < 1.29 is 0 Å². The molecule has 0 aromatic heterocycles. The lowest BCUT2D eigenvalue weighted by Gasteiger charge is -2.37. The van der Waals surface area contributed by atoms with Crippen molar-refractivity contribution in [3.63, 3.8) is 0 Å². The van der Waals surface area contributed by atoms with Crippen LogP contribution in [0.2, 0.25) is 0 Å². The number of benzene rings is 4. The Morgan fingerprint density at radius 2 is 1.41 bits per heavy atom. The smallest absolute Gasteiger partial charge is 0.0492 e. The van der Waals surface area contributed by atoms with Gasteiger partial charge >= 0.3 is 0 Å². The minimum Gasteiger partial charge on any atom is -0.335 e. The summed E-state index contributed by atoms with van der Waals surface area (Å²) in [4.78, 5) is 2.63. The highest BCUT2D eigenvalue weighted by Crippen LogP contribution is 2.59. The molecule has 0 spiro atoms. The van der Waals surface area contributed by atoms with Gasteiger partial charge in [-0.3, -0.25) is 0 Å². The number of hydrogen-bond donors (Lipinski definition) is 0. The molecule has 2 unspecified atom stereocenters. The molecule has 0 N–H and O–H groups in total. The molecule has 7 rings (SSSR count). The Kier molecular flexibility index (Phi) is 4.05. The molecule has 2 atom stereocenters. The lowest BCUT2D eigenvalue weighted by molar-refractivity contribution is 0.451. The Labute approximate surface area is 203 Å². The minimum absolute atomic E-state index is 0.0345. The van der Waals surface area contributed by atoms with Gasteiger partial charge in [-0.15, -0.1) is 0 Å². The van der Waals surface area contributed by atoms with Crippen molar-refractivity contribution >= 4 is 11.4 Å². The van der Waals surface area contributed by atoms with Crippen LogP contribution in [0.3, 0.4) is 0 Å². The first-order valence-electron chi connectivity index (χ1n) is 12.7. The molecule has 168 valence electrons. The van der Waals surface area contributed by atoms with Crippen molar-refractivity contribution in [3.8, 4) is 22.3 Å². The molecule has 1 heteroatoms. The summed E-state index contributed by atoms with van der Waals surface area (Å²) < 4.78 is 0. The first-order valence-corrected chi connectivity index (χ1v) is 12.7. The zero-order valence-electron chi connectivity index (χ0n) is 20.3. The Hall–Kier alpha value is -3.32. The van der Waals surface area contributed by atoms with E-state index in [0.717, 1.165) is 0 Å². The molecule has 1 nitrogen and oxygen atoms in total. The third kappa shape index (κ3) is 2.56. The van der Waals surface area contributed by atoms with E-state index >= 15 is 0 Å². The van der Waals surface area contributed by atoms with Gasteiger partial charge in [0.25, 0.3) is 0 Å². The second kappa shape index (κ2) is 6.85. The predicted octanol–water partition coefficient (Wildman–Crippen LogP) is 8.84. The summed E-state index contributed by atoms with van der Waals surface area (Å²) in [6.45, 7) is 7.21. The second-order valence-corrected chi connectivity index (χ2v) is 11.2. The molecule has 0 amide bonds. The third-order valence-corrected chi connectivity index (χ3v) is 9.01. The van der Waals surface area contributed by atoms with E-state index in [-0.39, 0.29) is 11.0 Å². The summed E-state index contributed by atoms with van der Waals surface area (Å²) in [5, 5.41) is 0. The Morgan fingerprint density at radius 3 is 2.26 bits per heavy atom. The van der Waals surface area contributed by atoms with Crippen molar-refractivity contribution in [1.29, 1.82) is 0 Å². The fourth-order valence-corrected chi connectivity index (χ4v) is 7.29. The summed E-state index contributed by atoms with van der Waals surface area (Å²) in [6, 6.07) is 34.2. The van der Waals surface area contributed by atoms with Crippen LogP contribution < -0.4 is 4.90 Å². The van der Waals surface area contributed by atoms with E-state index in [1.54, 1.807) is 0 Å². The van der Waals surface area contributed by atoms with Crippen LogP contribution in [0.1, 0.15) is 62.6 Å².